The minimum Gasteiger partial charge on any atom is -0.472 e. The molecule has 0 aromatic heterocycles. The van der Waals surface area contributed by atoms with Crippen LogP contribution in [0, 0.1) is 0 Å². The van der Waals surface area contributed by atoms with Crippen LogP contribution in [0.5, 0.6) is 5.75 Å². The zero-order valence-electron chi connectivity index (χ0n) is 8.87. The Morgan fingerprint density at radius 2 is 2.12 bits per heavy atom. The first kappa shape index (κ1) is 11.7. The van der Waals surface area contributed by atoms with Crippen LogP contribution < -0.4 is 4.74 Å². The van der Waals surface area contributed by atoms with Gasteiger partial charge in [0.15, 0.2) is 16.2 Å². The minimum atomic E-state index is -1.13. The van der Waals surface area contributed by atoms with E-state index in [1.807, 2.05) is 6.92 Å². The van der Waals surface area contributed by atoms with E-state index < -0.39 is 10.4 Å². The number of ketones is 1. The molecule has 0 aliphatic carbocycles. The molecule has 0 saturated carbocycles. The standard InChI is InChI=1S/C12H12Cl2O2/c1-2-7-12(14)10(15)8-5-3-4-6-9(8)16-11(12)13/h3-6,11H,2,7H2,1H3. The molecule has 2 nitrogen and oxygen atoms in total. The van der Waals surface area contributed by atoms with Crippen molar-refractivity contribution < 1.29 is 9.53 Å². The van der Waals surface area contributed by atoms with Gasteiger partial charge in [0.1, 0.15) is 5.75 Å². The Labute approximate surface area is 104 Å². The third-order valence-corrected chi connectivity index (χ3v) is 3.85. The number of carbonyl (C=O) groups is 1. The zero-order valence-corrected chi connectivity index (χ0v) is 10.4. The van der Waals surface area contributed by atoms with Gasteiger partial charge < -0.3 is 4.74 Å². The van der Waals surface area contributed by atoms with Gasteiger partial charge in [-0.1, -0.05) is 37.1 Å². The van der Waals surface area contributed by atoms with Crippen molar-refractivity contribution in [3.05, 3.63) is 29.8 Å². The van der Waals surface area contributed by atoms with Crippen LogP contribution in [-0.2, 0) is 0 Å². The summed E-state index contributed by atoms with van der Waals surface area (Å²) in [4.78, 5) is 11.1. The molecule has 0 amide bonds. The Morgan fingerprint density at radius 3 is 2.81 bits per heavy atom. The van der Waals surface area contributed by atoms with E-state index in [1.54, 1.807) is 24.3 Å². The van der Waals surface area contributed by atoms with Gasteiger partial charge in [0.25, 0.3) is 0 Å². The normalized spacial score (nSPS) is 28.4. The summed E-state index contributed by atoms with van der Waals surface area (Å²) in [5, 5.41) is 0. The van der Waals surface area contributed by atoms with E-state index >= 15 is 0 Å². The minimum absolute atomic E-state index is 0.141. The highest BCUT2D eigenvalue weighted by atomic mass is 35.5. The number of benzene rings is 1. The SMILES string of the molecule is CCCC1(Cl)C(=O)c2ccccc2OC1Cl. The van der Waals surface area contributed by atoms with Crippen molar-refractivity contribution in [3.8, 4) is 5.75 Å². The van der Waals surface area contributed by atoms with Crippen molar-refractivity contribution in [1.29, 1.82) is 0 Å². The molecule has 2 unspecified atom stereocenters. The van der Waals surface area contributed by atoms with Gasteiger partial charge in [0, 0.05) is 0 Å². The van der Waals surface area contributed by atoms with Crippen LogP contribution in [0.25, 0.3) is 0 Å². The first-order chi connectivity index (χ1) is 7.59. The Bertz CT molecular complexity index is 419. The zero-order chi connectivity index (χ0) is 11.8. The number of fused-ring (bicyclic) bond motifs is 1. The van der Waals surface area contributed by atoms with Crippen molar-refractivity contribution in [3.63, 3.8) is 0 Å². The molecule has 0 N–H and O–H groups in total. The van der Waals surface area contributed by atoms with Crippen LogP contribution in [-0.4, -0.2) is 16.2 Å². The summed E-state index contributed by atoms with van der Waals surface area (Å²) in [6.07, 6.45) is 1.29. The lowest BCUT2D eigenvalue weighted by molar-refractivity contribution is 0.0817. The first-order valence-electron chi connectivity index (χ1n) is 5.23. The third-order valence-electron chi connectivity index (χ3n) is 2.71. The van der Waals surface area contributed by atoms with Crippen molar-refractivity contribution >= 4 is 29.0 Å². The van der Waals surface area contributed by atoms with E-state index in [4.69, 9.17) is 27.9 Å². The Morgan fingerprint density at radius 1 is 1.44 bits per heavy atom. The molecule has 16 heavy (non-hydrogen) atoms. The molecule has 1 aliphatic rings. The molecule has 0 bridgehead atoms. The average Bonchev–Trinajstić information content (AvgIpc) is 2.27. The van der Waals surface area contributed by atoms with Crippen LogP contribution in [0.2, 0.25) is 0 Å². The van der Waals surface area contributed by atoms with Crippen LogP contribution in [0.1, 0.15) is 30.1 Å². The molecule has 2 rings (SSSR count). The average molecular weight is 259 g/mol. The van der Waals surface area contributed by atoms with Crippen molar-refractivity contribution in [2.75, 3.05) is 0 Å². The predicted molar refractivity (Wildman–Crippen MR) is 64.5 cm³/mol. The number of hydrogen-bond acceptors (Lipinski definition) is 2. The fourth-order valence-electron chi connectivity index (χ4n) is 1.88. The molecule has 1 aromatic rings. The second-order valence-corrected chi connectivity index (χ2v) is 4.94. The molecule has 1 heterocycles. The van der Waals surface area contributed by atoms with Gasteiger partial charge in [-0.15, -0.1) is 11.6 Å². The van der Waals surface area contributed by atoms with Crippen LogP contribution in [0.3, 0.4) is 0 Å². The lowest BCUT2D eigenvalue weighted by Crippen LogP contribution is -2.48. The van der Waals surface area contributed by atoms with Crippen LogP contribution >= 0.6 is 23.2 Å². The summed E-state index contributed by atoms with van der Waals surface area (Å²) >= 11 is 12.3. The monoisotopic (exact) mass is 258 g/mol. The first-order valence-corrected chi connectivity index (χ1v) is 6.04. The number of para-hydroxylation sites is 1. The Hall–Kier alpha value is -0.730. The summed E-state index contributed by atoms with van der Waals surface area (Å²) < 4.78 is 5.48. The molecule has 86 valence electrons. The molecule has 1 aliphatic heterocycles. The number of halogens is 2. The Kier molecular flexibility index (Phi) is 3.13. The van der Waals surface area contributed by atoms with Gasteiger partial charge in [0.05, 0.1) is 5.56 Å². The van der Waals surface area contributed by atoms with E-state index in [0.29, 0.717) is 17.7 Å². The van der Waals surface area contributed by atoms with Gasteiger partial charge in [-0.05, 0) is 18.6 Å². The van der Waals surface area contributed by atoms with Gasteiger partial charge >= 0.3 is 0 Å². The molecule has 4 heteroatoms. The third kappa shape index (κ3) is 1.70. The fraction of sp³-hybridized carbons (Fsp3) is 0.417. The summed E-state index contributed by atoms with van der Waals surface area (Å²) in [5.41, 5.74) is -0.292. The number of rotatable bonds is 2. The quantitative estimate of drug-likeness (QED) is 0.758. The molecule has 0 radical (unpaired) electrons. The van der Waals surface area contributed by atoms with Crippen molar-refractivity contribution in [2.45, 2.75) is 30.2 Å². The number of Topliss-reactive ketones (excluding diaryl/α,β-unsaturated/α-hetero) is 1. The summed E-state index contributed by atoms with van der Waals surface area (Å²) in [6.45, 7) is 1.96. The lowest BCUT2D eigenvalue weighted by Gasteiger charge is -2.35. The lowest BCUT2D eigenvalue weighted by atomic mass is 9.90. The van der Waals surface area contributed by atoms with E-state index in [2.05, 4.69) is 0 Å². The van der Waals surface area contributed by atoms with E-state index in [9.17, 15) is 4.79 Å². The molecule has 0 spiro atoms. The fourth-order valence-corrected chi connectivity index (χ4v) is 2.52. The number of alkyl halides is 2. The highest BCUT2D eigenvalue weighted by Crippen LogP contribution is 2.41. The maximum Gasteiger partial charge on any atom is 0.198 e. The summed E-state index contributed by atoms with van der Waals surface area (Å²) in [6, 6.07) is 7.03. The smallest absolute Gasteiger partial charge is 0.198 e. The van der Waals surface area contributed by atoms with Gasteiger partial charge in [-0.25, -0.2) is 0 Å². The second kappa shape index (κ2) is 4.27. The highest BCUT2D eigenvalue weighted by molar-refractivity contribution is 6.43. The largest absolute Gasteiger partial charge is 0.472 e. The number of carbonyl (C=O) groups excluding carboxylic acids is 1. The van der Waals surface area contributed by atoms with Crippen LogP contribution in [0.15, 0.2) is 24.3 Å². The van der Waals surface area contributed by atoms with E-state index in [-0.39, 0.29) is 5.78 Å². The maximum atomic E-state index is 12.2. The van der Waals surface area contributed by atoms with E-state index in [0.717, 1.165) is 6.42 Å². The highest BCUT2D eigenvalue weighted by Gasteiger charge is 2.48. The number of ether oxygens (including phenoxy) is 1. The summed E-state index contributed by atoms with van der Waals surface area (Å²) in [5.74, 6) is 0.373. The predicted octanol–water partition coefficient (Wildman–Crippen LogP) is 3.60. The van der Waals surface area contributed by atoms with Crippen molar-refractivity contribution in [1.82, 2.24) is 0 Å². The Balaban J connectivity index is 2.45. The molecule has 2 atom stereocenters. The molecule has 1 aromatic carbocycles. The molecular formula is C12H12Cl2O2. The second-order valence-electron chi connectivity index (χ2n) is 3.87. The molecule has 0 saturated heterocycles. The van der Waals surface area contributed by atoms with Gasteiger partial charge in [-0.3, -0.25) is 4.79 Å². The van der Waals surface area contributed by atoms with E-state index in [1.165, 1.54) is 0 Å². The summed E-state index contributed by atoms with van der Waals surface area (Å²) in [7, 11) is 0. The van der Waals surface area contributed by atoms with Crippen LogP contribution in [0.4, 0.5) is 0 Å². The van der Waals surface area contributed by atoms with Crippen molar-refractivity contribution in [2.24, 2.45) is 0 Å². The van der Waals surface area contributed by atoms with Gasteiger partial charge in [0.2, 0.25) is 0 Å². The topological polar surface area (TPSA) is 26.3 Å². The van der Waals surface area contributed by atoms with Gasteiger partial charge in [-0.2, -0.15) is 0 Å². The molecular weight excluding hydrogens is 247 g/mol. The maximum absolute atomic E-state index is 12.2. The molecule has 0 fully saturated rings. The number of hydrogen-bond donors (Lipinski definition) is 0.